The Balaban J connectivity index is 2.39. The number of primary amides is 1. The molecule has 2 N–H and O–H groups in total. The van der Waals surface area contributed by atoms with Gasteiger partial charge in [-0.3, -0.25) is 4.79 Å². The van der Waals surface area contributed by atoms with Gasteiger partial charge in [-0.1, -0.05) is 0 Å². The summed E-state index contributed by atoms with van der Waals surface area (Å²) in [5, 5.41) is 1.84. The van der Waals surface area contributed by atoms with Crippen molar-refractivity contribution < 1.29 is 9.21 Å². The summed E-state index contributed by atoms with van der Waals surface area (Å²) in [4.78, 5) is 14.7. The summed E-state index contributed by atoms with van der Waals surface area (Å²) in [6.07, 6.45) is 0. The molecule has 2 aromatic rings. The molecule has 0 aliphatic heterocycles. The molecule has 0 unspecified atom stereocenters. The van der Waals surface area contributed by atoms with E-state index < -0.39 is 5.91 Å². The molecule has 2 heterocycles. The average Bonchev–Trinajstić information content (AvgIpc) is 2.75. The molecule has 0 aliphatic rings. The van der Waals surface area contributed by atoms with Crippen LogP contribution in [-0.2, 0) is 0 Å². The van der Waals surface area contributed by atoms with Crippen molar-refractivity contribution in [3.8, 4) is 11.5 Å². The summed E-state index contributed by atoms with van der Waals surface area (Å²) in [5.74, 6) is 0.152. The van der Waals surface area contributed by atoms with Gasteiger partial charge in [0, 0.05) is 5.38 Å². The van der Waals surface area contributed by atoms with Crippen LogP contribution in [0.5, 0.6) is 0 Å². The van der Waals surface area contributed by atoms with Gasteiger partial charge in [-0.2, -0.15) is 0 Å². The number of nitrogens with zero attached hydrogens (tertiary/aromatic N) is 1. The van der Waals surface area contributed by atoms with Gasteiger partial charge in [0.15, 0.2) is 11.5 Å². The number of carbonyl (C=O) groups excluding carboxylic acids is 1. The van der Waals surface area contributed by atoms with E-state index >= 15 is 0 Å². The third kappa shape index (κ3) is 1.46. The van der Waals surface area contributed by atoms with Crippen molar-refractivity contribution >= 4 is 17.2 Å². The smallest absolute Gasteiger partial charge is 0.284 e. The fourth-order valence-electron chi connectivity index (χ4n) is 0.942. The Morgan fingerprint density at radius 3 is 2.92 bits per heavy atom. The first kappa shape index (κ1) is 8.00. The van der Waals surface area contributed by atoms with E-state index in [1.807, 2.05) is 5.38 Å². The van der Waals surface area contributed by atoms with Crippen molar-refractivity contribution in [1.82, 2.24) is 4.98 Å². The molecule has 66 valence electrons. The molecule has 0 spiro atoms. The summed E-state index contributed by atoms with van der Waals surface area (Å²) in [6, 6.07) is 3.21. The van der Waals surface area contributed by atoms with Crippen molar-refractivity contribution in [3.05, 3.63) is 28.8 Å². The van der Waals surface area contributed by atoms with E-state index in [9.17, 15) is 4.79 Å². The average molecular weight is 194 g/mol. The van der Waals surface area contributed by atoms with Crippen molar-refractivity contribution in [3.63, 3.8) is 0 Å². The van der Waals surface area contributed by atoms with Crippen LogP contribution in [0.3, 0.4) is 0 Å². The van der Waals surface area contributed by atoms with E-state index in [0.717, 1.165) is 5.69 Å². The van der Waals surface area contributed by atoms with Crippen molar-refractivity contribution in [2.45, 2.75) is 0 Å². The topological polar surface area (TPSA) is 69.1 Å². The molecule has 0 aromatic carbocycles. The molecule has 0 fully saturated rings. The number of amides is 1. The first-order valence-electron chi connectivity index (χ1n) is 3.55. The van der Waals surface area contributed by atoms with Crippen LogP contribution in [0.4, 0.5) is 0 Å². The van der Waals surface area contributed by atoms with Crippen LogP contribution >= 0.6 is 11.3 Å². The lowest BCUT2D eigenvalue weighted by Crippen LogP contribution is -2.09. The number of furan rings is 1. The lowest BCUT2D eigenvalue weighted by atomic mass is 10.3. The number of hydrogen-bond donors (Lipinski definition) is 1. The van der Waals surface area contributed by atoms with Gasteiger partial charge in [-0.25, -0.2) is 4.98 Å². The van der Waals surface area contributed by atoms with E-state index in [0.29, 0.717) is 5.76 Å². The van der Waals surface area contributed by atoms with Gasteiger partial charge < -0.3 is 10.2 Å². The maximum Gasteiger partial charge on any atom is 0.284 e. The third-order valence-corrected chi connectivity index (χ3v) is 2.12. The molecule has 4 nitrogen and oxygen atoms in total. The normalized spacial score (nSPS) is 10.2. The van der Waals surface area contributed by atoms with Crippen molar-refractivity contribution in [2.75, 3.05) is 0 Å². The summed E-state index contributed by atoms with van der Waals surface area (Å²) < 4.78 is 5.16. The molecule has 2 aromatic heterocycles. The number of rotatable bonds is 2. The SMILES string of the molecule is NC(=O)c1ccc(-c2cscn2)o1. The highest BCUT2D eigenvalue weighted by Gasteiger charge is 2.09. The molecule has 13 heavy (non-hydrogen) atoms. The van der Waals surface area contributed by atoms with Gasteiger partial charge in [-0.05, 0) is 12.1 Å². The summed E-state index contributed by atoms with van der Waals surface area (Å²) in [7, 11) is 0. The summed E-state index contributed by atoms with van der Waals surface area (Å²) in [6.45, 7) is 0. The van der Waals surface area contributed by atoms with Crippen LogP contribution in [0.1, 0.15) is 10.6 Å². The maximum atomic E-state index is 10.7. The van der Waals surface area contributed by atoms with E-state index in [4.69, 9.17) is 10.2 Å². The lowest BCUT2D eigenvalue weighted by molar-refractivity contribution is 0.0974. The van der Waals surface area contributed by atoms with Gasteiger partial charge in [-0.15, -0.1) is 11.3 Å². The zero-order chi connectivity index (χ0) is 9.26. The molecule has 1 amide bonds. The zero-order valence-corrected chi connectivity index (χ0v) is 7.38. The number of aromatic nitrogens is 1. The Morgan fingerprint density at radius 1 is 1.54 bits per heavy atom. The first-order valence-corrected chi connectivity index (χ1v) is 4.50. The number of thiazole rings is 1. The monoisotopic (exact) mass is 194 g/mol. The van der Waals surface area contributed by atoms with Gasteiger partial charge in [0.05, 0.1) is 5.51 Å². The minimum Gasteiger partial charge on any atom is -0.449 e. The first-order chi connectivity index (χ1) is 6.27. The second-order valence-electron chi connectivity index (χ2n) is 2.40. The standard InChI is InChI=1S/C8H6N2O2S/c9-8(11)7-2-1-6(12-7)5-3-13-4-10-5/h1-4H,(H2,9,11). The quantitative estimate of drug-likeness (QED) is 0.787. The molecule has 0 saturated heterocycles. The zero-order valence-electron chi connectivity index (χ0n) is 6.56. The van der Waals surface area contributed by atoms with E-state index in [1.54, 1.807) is 11.6 Å². The van der Waals surface area contributed by atoms with Crippen LogP contribution in [0, 0.1) is 0 Å². The predicted molar refractivity (Wildman–Crippen MR) is 48.3 cm³/mol. The minimum atomic E-state index is -0.568. The van der Waals surface area contributed by atoms with Crippen LogP contribution in [0.15, 0.2) is 27.4 Å². The molecule has 0 aliphatic carbocycles. The highest BCUT2D eigenvalue weighted by Crippen LogP contribution is 2.21. The van der Waals surface area contributed by atoms with Crippen LogP contribution < -0.4 is 5.73 Å². The highest BCUT2D eigenvalue weighted by molar-refractivity contribution is 7.07. The molecule has 0 atom stereocenters. The second-order valence-corrected chi connectivity index (χ2v) is 3.12. The maximum absolute atomic E-state index is 10.7. The van der Waals surface area contributed by atoms with E-state index in [1.165, 1.54) is 17.4 Å². The van der Waals surface area contributed by atoms with Crippen LogP contribution in [-0.4, -0.2) is 10.9 Å². The lowest BCUT2D eigenvalue weighted by Gasteiger charge is -1.88. The van der Waals surface area contributed by atoms with Crippen molar-refractivity contribution in [2.24, 2.45) is 5.73 Å². The van der Waals surface area contributed by atoms with E-state index in [2.05, 4.69) is 4.98 Å². The molecular formula is C8H6N2O2S. The fourth-order valence-corrected chi connectivity index (χ4v) is 1.48. The van der Waals surface area contributed by atoms with Gasteiger partial charge >= 0.3 is 0 Å². The van der Waals surface area contributed by atoms with Crippen molar-refractivity contribution in [1.29, 1.82) is 0 Å². The molecule has 2 rings (SSSR count). The Labute approximate surface area is 78.0 Å². The number of carbonyl (C=O) groups is 1. The van der Waals surface area contributed by atoms with Gasteiger partial charge in [0.1, 0.15) is 5.69 Å². The van der Waals surface area contributed by atoms with Crippen LogP contribution in [0.25, 0.3) is 11.5 Å². The number of nitrogens with two attached hydrogens (primary N) is 1. The second kappa shape index (κ2) is 3.02. The molecule has 5 heteroatoms. The molecule has 0 saturated carbocycles. The summed E-state index contributed by atoms with van der Waals surface area (Å²) >= 11 is 1.46. The molecular weight excluding hydrogens is 188 g/mol. The van der Waals surface area contributed by atoms with Gasteiger partial charge in [0.2, 0.25) is 0 Å². The highest BCUT2D eigenvalue weighted by atomic mass is 32.1. The minimum absolute atomic E-state index is 0.156. The number of hydrogen-bond acceptors (Lipinski definition) is 4. The third-order valence-electron chi connectivity index (χ3n) is 1.53. The Bertz CT molecular complexity index is 419. The molecule has 0 radical (unpaired) electrons. The largest absolute Gasteiger partial charge is 0.449 e. The van der Waals surface area contributed by atoms with Gasteiger partial charge in [0.25, 0.3) is 5.91 Å². The van der Waals surface area contributed by atoms with E-state index in [-0.39, 0.29) is 5.76 Å². The Hall–Kier alpha value is -1.62. The fraction of sp³-hybridized carbons (Fsp3) is 0. The Kier molecular flexibility index (Phi) is 1.86. The Morgan fingerprint density at radius 2 is 2.38 bits per heavy atom. The van der Waals surface area contributed by atoms with Crippen LogP contribution in [0.2, 0.25) is 0 Å². The predicted octanol–water partition coefficient (Wildman–Crippen LogP) is 1.50. The molecule has 0 bridgehead atoms. The summed E-state index contributed by atoms with van der Waals surface area (Å²) in [5.41, 5.74) is 7.45.